The van der Waals surface area contributed by atoms with Crippen molar-refractivity contribution in [2.75, 3.05) is 14.2 Å². The zero-order valence-electron chi connectivity index (χ0n) is 14.4. The Hall–Kier alpha value is -3.50. The highest BCUT2D eigenvalue weighted by molar-refractivity contribution is 5.97. The molecule has 0 saturated heterocycles. The Kier molecular flexibility index (Phi) is 3.39. The van der Waals surface area contributed by atoms with Gasteiger partial charge in [-0.1, -0.05) is 12.1 Å². The second kappa shape index (κ2) is 5.51. The van der Waals surface area contributed by atoms with Gasteiger partial charge in [-0.3, -0.25) is 9.59 Å². The Morgan fingerprint density at radius 2 is 1.54 bits per heavy atom. The lowest BCUT2D eigenvalue weighted by Crippen LogP contribution is -2.28. The van der Waals surface area contributed by atoms with Gasteiger partial charge >= 0.3 is 5.36 Å². The second-order valence-corrected chi connectivity index (χ2v) is 6.13. The molecule has 0 heterocycles. The number of hydrogen-bond acceptors (Lipinski definition) is 4. The maximum Gasteiger partial charge on any atom is 0.370 e. The van der Waals surface area contributed by atoms with Gasteiger partial charge in [-0.05, 0) is 30.7 Å². The average molecular weight is 346 g/mol. The first-order valence-electron chi connectivity index (χ1n) is 7.96. The highest BCUT2D eigenvalue weighted by Crippen LogP contribution is 2.30. The second-order valence-electron chi connectivity index (χ2n) is 6.13. The maximum absolute atomic E-state index is 13.1. The zero-order chi connectivity index (χ0) is 18.6. The Labute approximate surface area is 146 Å². The number of rotatable bonds is 2. The third-order valence-corrected chi connectivity index (χ3v) is 4.73. The van der Waals surface area contributed by atoms with Crippen molar-refractivity contribution < 1.29 is 14.3 Å². The summed E-state index contributed by atoms with van der Waals surface area (Å²) in [6.07, 6.45) is 0. The fourth-order valence-electron chi connectivity index (χ4n) is 3.69. The fraction of sp³-hybridized carbons (Fsp3) is 0.150. The molecule has 2 aromatic carbocycles. The SMILES string of the molecule is COc1cccc2c(=O)c3c4c(OC)cc(C)cc4c(=[N+]=[N-])c(=O)c=3c12. The van der Waals surface area contributed by atoms with Crippen molar-refractivity contribution in [3.8, 4) is 11.5 Å². The molecule has 6 heteroatoms. The molecule has 0 saturated carbocycles. The van der Waals surface area contributed by atoms with Gasteiger partial charge < -0.3 is 15.0 Å². The third-order valence-electron chi connectivity index (χ3n) is 4.73. The number of ether oxygens (including phenoxy) is 2. The van der Waals surface area contributed by atoms with Crippen LogP contribution in [0.2, 0.25) is 0 Å². The lowest BCUT2D eigenvalue weighted by molar-refractivity contribution is -0.0642. The summed E-state index contributed by atoms with van der Waals surface area (Å²) in [6.45, 7) is 1.83. The summed E-state index contributed by atoms with van der Waals surface area (Å²) in [6, 6.07) is 8.53. The van der Waals surface area contributed by atoms with Crippen LogP contribution >= 0.6 is 0 Å². The molecule has 0 radical (unpaired) electrons. The molecule has 0 atom stereocenters. The fourth-order valence-corrected chi connectivity index (χ4v) is 3.69. The molecule has 4 rings (SSSR count). The number of aryl methyl sites for hydroxylation is 1. The highest BCUT2D eigenvalue weighted by atomic mass is 16.5. The molecule has 0 bridgehead atoms. The minimum atomic E-state index is -0.515. The van der Waals surface area contributed by atoms with Crippen molar-refractivity contribution in [2.45, 2.75) is 6.92 Å². The minimum Gasteiger partial charge on any atom is -0.496 e. The van der Waals surface area contributed by atoms with Crippen molar-refractivity contribution in [1.29, 1.82) is 0 Å². The van der Waals surface area contributed by atoms with Gasteiger partial charge in [-0.15, -0.1) is 0 Å². The van der Waals surface area contributed by atoms with E-state index in [9.17, 15) is 15.1 Å². The Morgan fingerprint density at radius 1 is 0.885 bits per heavy atom. The van der Waals surface area contributed by atoms with Gasteiger partial charge in [0, 0.05) is 21.4 Å². The minimum absolute atomic E-state index is 0.118. The summed E-state index contributed by atoms with van der Waals surface area (Å²) >= 11 is 0. The van der Waals surface area contributed by atoms with Gasteiger partial charge in [0.05, 0.1) is 24.8 Å². The van der Waals surface area contributed by atoms with Crippen LogP contribution in [0, 0.1) is 17.4 Å². The molecule has 2 aromatic rings. The smallest absolute Gasteiger partial charge is 0.370 e. The van der Waals surface area contributed by atoms with Gasteiger partial charge in [0.2, 0.25) is 0 Å². The summed E-state index contributed by atoms with van der Waals surface area (Å²) in [7, 11) is 2.97. The van der Waals surface area contributed by atoms with E-state index in [-0.39, 0.29) is 21.2 Å². The normalized spacial score (nSPS) is 11.2. The zero-order valence-corrected chi connectivity index (χ0v) is 14.4. The molecule has 0 N–H and O–H groups in total. The first-order valence-corrected chi connectivity index (χ1v) is 7.96. The summed E-state index contributed by atoms with van der Waals surface area (Å²) in [5, 5.41) is 1.98. The molecular weight excluding hydrogens is 332 g/mol. The first kappa shape index (κ1) is 16.0. The van der Waals surface area contributed by atoms with Crippen molar-refractivity contribution in [3.05, 3.63) is 77.7 Å². The van der Waals surface area contributed by atoms with Gasteiger partial charge in [0.1, 0.15) is 11.5 Å². The predicted octanol–water partition coefficient (Wildman–Crippen LogP) is 1.77. The summed E-state index contributed by atoms with van der Waals surface area (Å²) in [4.78, 5) is 29.4. The van der Waals surface area contributed by atoms with Crippen molar-refractivity contribution in [1.82, 2.24) is 0 Å². The largest absolute Gasteiger partial charge is 0.496 e. The van der Waals surface area contributed by atoms with E-state index >= 15 is 0 Å². The lowest BCUT2D eigenvalue weighted by atomic mass is 10.0. The van der Waals surface area contributed by atoms with Crippen molar-refractivity contribution in [2.24, 2.45) is 0 Å². The first-order chi connectivity index (χ1) is 12.5. The van der Waals surface area contributed by atoms with E-state index in [2.05, 4.69) is 4.79 Å². The summed E-state index contributed by atoms with van der Waals surface area (Å²) < 4.78 is 10.8. The van der Waals surface area contributed by atoms with Crippen LogP contribution in [0.3, 0.4) is 0 Å². The van der Waals surface area contributed by atoms with Gasteiger partial charge in [-0.25, -0.2) is 0 Å². The van der Waals surface area contributed by atoms with E-state index < -0.39 is 5.43 Å². The van der Waals surface area contributed by atoms with Crippen molar-refractivity contribution >= 4 is 21.5 Å². The third kappa shape index (κ3) is 1.87. The van der Waals surface area contributed by atoms with Crippen LogP contribution in [0.1, 0.15) is 5.56 Å². The Morgan fingerprint density at radius 3 is 2.19 bits per heavy atom. The Bertz CT molecular complexity index is 1460. The predicted molar refractivity (Wildman–Crippen MR) is 96.3 cm³/mol. The van der Waals surface area contributed by atoms with Crippen LogP contribution in [-0.4, -0.2) is 19.0 Å². The van der Waals surface area contributed by atoms with E-state index in [0.29, 0.717) is 33.0 Å². The molecule has 0 amide bonds. The van der Waals surface area contributed by atoms with E-state index in [1.807, 2.05) is 6.92 Å². The molecule has 2 aliphatic rings. The van der Waals surface area contributed by atoms with Crippen LogP contribution in [0.15, 0.2) is 39.9 Å². The van der Waals surface area contributed by atoms with Gasteiger partial charge in [0.15, 0.2) is 5.43 Å². The standard InChI is InChI=1S/C20H14N2O4/c1-9-7-11-15(13(8-9)26-3)16-17(20(24)18(11)22-21)14-10(19(16)23)5-4-6-12(14)25-2/h4-8H,1-3H3. The quantitative estimate of drug-likeness (QED) is 0.409. The highest BCUT2D eigenvalue weighted by Gasteiger charge is 2.23. The molecule has 128 valence electrons. The van der Waals surface area contributed by atoms with Gasteiger partial charge in [0.25, 0.3) is 5.43 Å². The van der Waals surface area contributed by atoms with Crippen LogP contribution in [-0.2, 0) is 0 Å². The van der Waals surface area contributed by atoms with Crippen molar-refractivity contribution in [3.63, 3.8) is 0 Å². The molecule has 26 heavy (non-hydrogen) atoms. The number of fused-ring (bicyclic) bond motifs is 4. The number of methoxy groups -OCH3 is 2. The van der Waals surface area contributed by atoms with E-state index in [0.717, 1.165) is 5.56 Å². The Balaban J connectivity index is 2.60. The van der Waals surface area contributed by atoms with Crippen LogP contribution in [0.4, 0.5) is 0 Å². The topological polar surface area (TPSA) is 89.0 Å². The van der Waals surface area contributed by atoms with E-state index in [1.165, 1.54) is 14.2 Å². The number of nitrogens with zero attached hydrogens (tertiary/aromatic N) is 2. The monoisotopic (exact) mass is 346 g/mol. The molecular formula is C20H14N2O4. The molecule has 0 unspecified atom stereocenters. The summed E-state index contributed by atoms with van der Waals surface area (Å²) in [5.41, 5.74) is 9.54. The molecule has 0 spiro atoms. The molecule has 0 aliphatic heterocycles. The van der Waals surface area contributed by atoms with Crippen LogP contribution < -0.4 is 25.7 Å². The van der Waals surface area contributed by atoms with E-state index in [4.69, 9.17) is 9.47 Å². The number of benzene rings is 2. The average Bonchev–Trinajstić information content (AvgIpc) is 2.94. The van der Waals surface area contributed by atoms with Gasteiger partial charge in [-0.2, -0.15) is 4.79 Å². The molecule has 0 fully saturated rings. The van der Waals surface area contributed by atoms with Crippen LogP contribution in [0.5, 0.6) is 11.5 Å². The molecule has 2 aliphatic carbocycles. The number of hydrogen-bond donors (Lipinski definition) is 0. The lowest BCUT2D eigenvalue weighted by Gasteiger charge is -2.05. The molecule has 6 nitrogen and oxygen atoms in total. The van der Waals surface area contributed by atoms with Crippen LogP contribution in [0.25, 0.3) is 27.1 Å². The summed E-state index contributed by atoms with van der Waals surface area (Å²) in [5.74, 6) is 0.863. The maximum atomic E-state index is 13.1. The molecule has 0 aromatic heterocycles. The van der Waals surface area contributed by atoms with E-state index in [1.54, 1.807) is 30.3 Å².